The van der Waals surface area contributed by atoms with Gasteiger partial charge in [-0.15, -0.1) is 0 Å². The zero-order valence-corrected chi connectivity index (χ0v) is 10.2. The number of ether oxygens (including phenoxy) is 2. The molecule has 0 aliphatic rings. The summed E-state index contributed by atoms with van der Waals surface area (Å²) in [5, 5.41) is 12.7. The molecule has 0 saturated carbocycles. The Morgan fingerprint density at radius 3 is 2.67 bits per heavy atom. The molecular formula is C12H14NO5-. The van der Waals surface area contributed by atoms with Gasteiger partial charge in [0, 0.05) is 0 Å². The lowest BCUT2D eigenvalue weighted by atomic mass is 10.2. The minimum Gasteiger partial charge on any atom is -0.548 e. The highest BCUT2D eigenvalue weighted by molar-refractivity contribution is 5.93. The van der Waals surface area contributed by atoms with Gasteiger partial charge in [-0.3, -0.25) is 4.79 Å². The average molecular weight is 252 g/mol. The number of nitrogens with one attached hydrogen (secondary N) is 1. The molecule has 98 valence electrons. The standard InChI is InChI=1S/C12H15NO5/c1-8-3-4-10(17-2)9(5-8)13-11(14)6-18-7-12(15)16/h3-5H,6-7H2,1-2H3,(H,13,14)(H,15,16)/p-1. The molecule has 0 unspecified atom stereocenters. The van der Waals surface area contributed by atoms with Crippen LogP contribution in [0, 0.1) is 6.92 Å². The molecule has 1 aromatic carbocycles. The minimum absolute atomic E-state index is 0.356. The summed E-state index contributed by atoms with van der Waals surface area (Å²) in [4.78, 5) is 21.6. The number of carboxylic acids is 1. The van der Waals surface area contributed by atoms with Crippen LogP contribution in [0.3, 0.4) is 0 Å². The lowest BCUT2D eigenvalue weighted by Crippen LogP contribution is -2.29. The molecule has 0 aromatic heterocycles. The van der Waals surface area contributed by atoms with Crippen LogP contribution in [0.15, 0.2) is 18.2 Å². The maximum absolute atomic E-state index is 11.5. The van der Waals surface area contributed by atoms with Crippen LogP contribution in [-0.2, 0) is 14.3 Å². The Morgan fingerprint density at radius 2 is 2.06 bits per heavy atom. The quantitative estimate of drug-likeness (QED) is 0.751. The minimum atomic E-state index is -1.36. The molecule has 0 radical (unpaired) electrons. The summed E-state index contributed by atoms with van der Waals surface area (Å²) in [5.41, 5.74) is 1.47. The smallest absolute Gasteiger partial charge is 0.250 e. The van der Waals surface area contributed by atoms with Crippen LogP contribution >= 0.6 is 0 Å². The van der Waals surface area contributed by atoms with Gasteiger partial charge in [0.25, 0.3) is 0 Å². The molecule has 0 atom stereocenters. The van der Waals surface area contributed by atoms with E-state index in [-0.39, 0.29) is 6.61 Å². The number of hydrogen-bond acceptors (Lipinski definition) is 5. The number of aliphatic carboxylic acids is 1. The fourth-order valence-corrected chi connectivity index (χ4v) is 1.33. The second kappa shape index (κ2) is 6.61. The summed E-state index contributed by atoms with van der Waals surface area (Å²) in [6.07, 6.45) is 0. The maximum atomic E-state index is 11.5. The van der Waals surface area contributed by atoms with Gasteiger partial charge in [-0.2, -0.15) is 0 Å². The lowest BCUT2D eigenvalue weighted by Gasteiger charge is -2.11. The third kappa shape index (κ3) is 4.42. The van der Waals surface area contributed by atoms with Crippen LogP contribution in [-0.4, -0.2) is 32.2 Å². The van der Waals surface area contributed by atoms with Gasteiger partial charge in [0.2, 0.25) is 5.91 Å². The third-order valence-corrected chi connectivity index (χ3v) is 2.08. The van der Waals surface area contributed by atoms with E-state index in [4.69, 9.17) is 4.74 Å². The van der Waals surface area contributed by atoms with Gasteiger partial charge in [0.1, 0.15) is 12.4 Å². The molecule has 0 aliphatic heterocycles. The first kappa shape index (κ1) is 14.0. The highest BCUT2D eigenvalue weighted by atomic mass is 16.5. The van der Waals surface area contributed by atoms with Crippen molar-refractivity contribution in [3.63, 3.8) is 0 Å². The largest absolute Gasteiger partial charge is 0.548 e. The molecule has 6 nitrogen and oxygen atoms in total. The van der Waals surface area contributed by atoms with Crippen molar-refractivity contribution in [1.29, 1.82) is 0 Å². The third-order valence-electron chi connectivity index (χ3n) is 2.08. The Hall–Kier alpha value is -2.08. The van der Waals surface area contributed by atoms with Gasteiger partial charge in [0.05, 0.1) is 25.4 Å². The SMILES string of the molecule is COc1ccc(C)cc1NC(=O)COCC(=O)[O-]. The number of aryl methyl sites for hydroxylation is 1. The average Bonchev–Trinajstić information content (AvgIpc) is 2.28. The van der Waals surface area contributed by atoms with Gasteiger partial charge in [-0.1, -0.05) is 6.07 Å². The molecule has 6 heteroatoms. The monoisotopic (exact) mass is 252 g/mol. The maximum Gasteiger partial charge on any atom is 0.250 e. The number of carboxylic acid groups (broad SMARTS) is 1. The van der Waals surface area contributed by atoms with Crippen LogP contribution in [0.2, 0.25) is 0 Å². The van der Waals surface area contributed by atoms with E-state index in [9.17, 15) is 14.7 Å². The molecule has 0 saturated heterocycles. The Labute approximate surface area is 105 Å². The lowest BCUT2D eigenvalue weighted by molar-refractivity contribution is -0.309. The van der Waals surface area contributed by atoms with Crippen LogP contribution in [0.25, 0.3) is 0 Å². The highest BCUT2D eigenvalue weighted by Gasteiger charge is 2.07. The summed E-state index contributed by atoms with van der Waals surface area (Å²) in [6, 6.07) is 5.32. The van der Waals surface area contributed by atoms with Gasteiger partial charge in [-0.25, -0.2) is 0 Å². The molecule has 1 rings (SSSR count). The van der Waals surface area contributed by atoms with E-state index in [0.717, 1.165) is 5.56 Å². The second-order valence-corrected chi connectivity index (χ2v) is 3.62. The number of rotatable bonds is 6. The number of hydrogen-bond donors (Lipinski definition) is 1. The van der Waals surface area contributed by atoms with E-state index < -0.39 is 18.5 Å². The van der Waals surface area contributed by atoms with Crippen molar-refractivity contribution in [1.82, 2.24) is 0 Å². The Balaban J connectivity index is 2.58. The molecule has 0 heterocycles. The van der Waals surface area contributed by atoms with Crippen molar-refractivity contribution >= 4 is 17.6 Å². The van der Waals surface area contributed by atoms with Crippen molar-refractivity contribution in [3.05, 3.63) is 23.8 Å². The summed E-state index contributed by atoms with van der Waals surface area (Å²) in [5.74, 6) is -1.30. The molecule has 1 N–H and O–H groups in total. The number of amides is 1. The first-order chi connectivity index (χ1) is 8.52. The van der Waals surface area contributed by atoms with E-state index in [1.807, 2.05) is 13.0 Å². The highest BCUT2D eigenvalue weighted by Crippen LogP contribution is 2.24. The fraction of sp³-hybridized carbons (Fsp3) is 0.333. The predicted octanol–water partition coefficient (Wildman–Crippen LogP) is -0.291. The number of benzene rings is 1. The molecule has 0 aliphatic carbocycles. The Morgan fingerprint density at radius 1 is 1.33 bits per heavy atom. The fourth-order valence-electron chi connectivity index (χ4n) is 1.33. The summed E-state index contributed by atoms with van der Waals surface area (Å²) < 4.78 is 9.70. The summed E-state index contributed by atoms with van der Waals surface area (Å²) >= 11 is 0. The van der Waals surface area contributed by atoms with Gasteiger partial charge >= 0.3 is 0 Å². The van der Waals surface area contributed by atoms with Crippen molar-refractivity contribution in [2.75, 3.05) is 25.6 Å². The van der Waals surface area contributed by atoms with Gasteiger partial charge in [-0.05, 0) is 24.6 Å². The number of carbonyl (C=O) groups is 2. The molecule has 0 spiro atoms. The number of anilines is 1. The van der Waals surface area contributed by atoms with Crippen molar-refractivity contribution in [3.8, 4) is 5.75 Å². The van der Waals surface area contributed by atoms with E-state index in [1.54, 1.807) is 12.1 Å². The molecule has 18 heavy (non-hydrogen) atoms. The first-order valence-electron chi connectivity index (χ1n) is 5.25. The van der Waals surface area contributed by atoms with E-state index in [0.29, 0.717) is 11.4 Å². The van der Waals surface area contributed by atoms with Gasteiger partial charge < -0.3 is 24.7 Å². The first-order valence-corrected chi connectivity index (χ1v) is 5.25. The molecule has 1 aromatic rings. The summed E-state index contributed by atoms with van der Waals surface area (Å²) in [7, 11) is 1.49. The topological polar surface area (TPSA) is 87.7 Å². The Bertz CT molecular complexity index is 444. The molecule has 0 fully saturated rings. The number of carbonyl (C=O) groups excluding carboxylic acids is 2. The van der Waals surface area contributed by atoms with Crippen LogP contribution in [0.4, 0.5) is 5.69 Å². The molecule has 0 bridgehead atoms. The van der Waals surface area contributed by atoms with Crippen LogP contribution < -0.4 is 15.2 Å². The van der Waals surface area contributed by atoms with Crippen molar-refractivity contribution in [2.45, 2.75) is 6.92 Å². The van der Waals surface area contributed by atoms with E-state index in [2.05, 4.69) is 10.1 Å². The van der Waals surface area contributed by atoms with E-state index in [1.165, 1.54) is 7.11 Å². The summed E-state index contributed by atoms with van der Waals surface area (Å²) in [6.45, 7) is 0.908. The zero-order chi connectivity index (χ0) is 13.5. The zero-order valence-electron chi connectivity index (χ0n) is 10.2. The molecule has 1 amide bonds. The van der Waals surface area contributed by atoms with E-state index >= 15 is 0 Å². The van der Waals surface area contributed by atoms with Crippen molar-refractivity contribution < 1.29 is 24.2 Å². The number of methoxy groups -OCH3 is 1. The van der Waals surface area contributed by atoms with Gasteiger partial charge in [0.15, 0.2) is 0 Å². The van der Waals surface area contributed by atoms with Crippen LogP contribution in [0.5, 0.6) is 5.75 Å². The normalized spacial score (nSPS) is 9.89. The Kier molecular flexibility index (Phi) is 5.13. The van der Waals surface area contributed by atoms with Crippen LogP contribution in [0.1, 0.15) is 5.56 Å². The predicted molar refractivity (Wildman–Crippen MR) is 62.2 cm³/mol. The molecular weight excluding hydrogens is 238 g/mol. The van der Waals surface area contributed by atoms with Crippen molar-refractivity contribution in [2.24, 2.45) is 0 Å². The second-order valence-electron chi connectivity index (χ2n) is 3.62.